The quantitative estimate of drug-likeness (QED) is 0.164. The second-order valence-corrected chi connectivity index (χ2v) is 13.4. The van der Waals surface area contributed by atoms with Crippen LogP contribution >= 0.6 is 0 Å². The molecule has 14 heteroatoms. The predicted octanol–water partition coefficient (Wildman–Crippen LogP) is 3.52. The van der Waals surface area contributed by atoms with Crippen molar-refractivity contribution in [2.24, 2.45) is 0 Å². The van der Waals surface area contributed by atoms with Gasteiger partial charge in [-0.15, -0.1) is 0 Å². The van der Waals surface area contributed by atoms with Crippen LogP contribution in [0.25, 0.3) is 0 Å². The molecule has 1 fully saturated rings. The van der Waals surface area contributed by atoms with Gasteiger partial charge in [-0.05, 0) is 56.3 Å². The van der Waals surface area contributed by atoms with Gasteiger partial charge in [0.1, 0.15) is 11.5 Å². The fraction of sp³-hybridized carbons (Fsp3) is 0.359. The van der Waals surface area contributed by atoms with Crippen molar-refractivity contribution in [1.82, 2.24) is 4.90 Å². The Labute approximate surface area is 304 Å². The molecule has 6 atom stereocenters. The van der Waals surface area contributed by atoms with E-state index in [1.165, 1.54) is 6.92 Å². The number of rotatable bonds is 9. The van der Waals surface area contributed by atoms with Crippen molar-refractivity contribution in [3.63, 3.8) is 0 Å². The van der Waals surface area contributed by atoms with Crippen molar-refractivity contribution >= 4 is 29.8 Å². The average molecular weight is 730 g/mol. The maximum absolute atomic E-state index is 13.1. The molecule has 2 bridgehead atoms. The number of aromatic hydroxyl groups is 1. The third kappa shape index (κ3) is 6.94. The summed E-state index contributed by atoms with van der Waals surface area (Å²) in [5.74, 6) is -3.60. The molecule has 0 amide bonds. The van der Waals surface area contributed by atoms with E-state index in [1.54, 1.807) is 72.8 Å². The smallest absolute Gasteiger partial charge is 0.353 e. The number of hydrogen-bond donors (Lipinski definition) is 3. The fourth-order valence-corrected chi connectivity index (χ4v) is 7.86. The monoisotopic (exact) mass is 729 g/mol. The number of aliphatic hydroxyl groups is 1. The van der Waals surface area contributed by atoms with E-state index in [4.69, 9.17) is 24.1 Å². The zero-order chi connectivity index (χ0) is 38.1. The molecule has 7 rings (SSSR count). The van der Waals surface area contributed by atoms with Crippen LogP contribution in [0.2, 0.25) is 0 Å². The summed E-state index contributed by atoms with van der Waals surface area (Å²) in [7, 11) is 1.98. The summed E-state index contributed by atoms with van der Waals surface area (Å²) in [5.41, 5.74) is 0.0857. The number of esters is 4. The fourth-order valence-electron chi connectivity index (χ4n) is 7.86. The van der Waals surface area contributed by atoms with Crippen LogP contribution in [-0.2, 0) is 50.0 Å². The third-order valence-electron chi connectivity index (χ3n) is 10.1. The standard InChI is InChI=1S/C29H29NO9.C10H10O4/c1-16(31)36-21(27(34)37-18-6-4-3-5-7-18)15-23(33)38-20-10-11-29(35)22-14-17-8-9-19(32)25-24(17)28(29,26(20)39-25)12-13-30(22)2;1-7(11)14-9(10(12)13)8-5-3-2-4-6-8/h3-10,21-22,26,32,35H,11-15H2,1-2H3;2-6,9H,1H3,(H,12,13)/t21?,22-,26+,28+,29-;9-/m10/s1. The van der Waals surface area contributed by atoms with E-state index in [0.29, 0.717) is 30.7 Å². The minimum atomic E-state index is -1.52. The number of likely N-dealkylation sites (N-methyl/N-ethyl adjacent to an activating group) is 1. The zero-order valence-corrected chi connectivity index (χ0v) is 29.2. The Morgan fingerprint density at radius 2 is 1.58 bits per heavy atom. The van der Waals surface area contributed by atoms with Crippen LogP contribution in [-0.4, -0.2) is 87.5 Å². The number of para-hydroxylation sites is 1. The van der Waals surface area contributed by atoms with Gasteiger partial charge in [-0.1, -0.05) is 54.6 Å². The van der Waals surface area contributed by atoms with Crippen LogP contribution in [0.15, 0.2) is 84.6 Å². The van der Waals surface area contributed by atoms with Gasteiger partial charge in [0, 0.05) is 37.4 Å². The molecule has 1 spiro atoms. The molecular weight excluding hydrogens is 690 g/mol. The molecule has 3 aromatic rings. The molecule has 0 saturated carbocycles. The molecule has 14 nitrogen and oxygen atoms in total. The number of ether oxygens (including phenoxy) is 5. The normalized spacial score (nSPS) is 24.3. The van der Waals surface area contributed by atoms with Gasteiger partial charge in [0.15, 0.2) is 17.6 Å². The minimum Gasteiger partial charge on any atom is -0.504 e. The van der Waals surface area contributed by atoms with Gasteiger partial charge in [0.05, 0.1) is 17.4 Å². The molecular formula is C39H39NO13. The van der Waals surface area contributed by atoms with E-state index in [9.17, 15) is 34.2 Å². The van der Waals surface area contributed by atoms with E-state index in [1.807, 2.05) is 13.1 Å². The predicted molar refractivity (Wildman–Crippen MR) is 184 cm³/mol. The van der Waals surface area contributed by atoms with E-state index in [-0.39, 0.29) is 29.7 Å². The summed E-state index contributed by atoms with van der Waals surface area (Å²) in [6.45, 7) is 2.99. The maximum atomic E-state index is 13.1. The lowest BCUT2D eigenvalue weighted by atomic mass is 9.50. The molecule has 3 N–H and O–H groups in total. The lowest BCUT2D eigenvalue weighted by Crippen LogP contribution is -2.74. The summed E-state index contributed by atoms with van der Waals surface area (Å²) < 4.78 is 27.0. The molecule has 53 heavy (non-hydrogen) atoms. The van der Waals surface area contributed by atoms with Gasteiger partial charge in [-0.2, -0.15) is 0 Å². The summed E-state index contributed by atoms with van der Waals surface area (Å²) in [6.07, 6.45) is -1.19. The number of carbonyl (C=O) groups is 5. The van der Waals surface area contributed by atoms with E-state index >= 15 is 0 Å². The van der Waals surface area contributed by atoms with Crippen LogP contribution in [0.4, 0.5) is 0 Å². The summed E-state index contributed by atoms with van der Waals surface area (Å²) in [6, 6.07) is 19.8. The highest BCUT2D eigenvalue weighted by Gasteiger charge is 2.72. The van der Waals surface area contributed by atoms with Crippen LogP contribution in [0, 0.1) is 0 Å². The molecule has 0 aromatic heterocycles. The van der Waals surface area contributed by atoms with Crippen molar-refractivity contribution in [1.29, 1.82) is 0 Å². The topological polar surface area (TPSA) is 195 Å². The molecule has 278 valence electrons. The molecule has 2 aliphatic carbocycles. The first-order valence-electron chi connectivity index (χ1n) is 17.0. The van der Waals surface area contributed by atoms with Gasteiger partial charge in [-0.25, -0.2) is 9.59 Å². The highest BCUT2D eigenvalue weighted by Crippen LogP contribution is 2.65. The Bertz CT molecular complexity index is 1950. The van der Waals surface area contributed by atoms with Gasteiger partial charge in [-0.3, -0.25) is 14.4 Å². The highest BCUT2D eigenvalue weighted by molar-refractivity contribution is 5.86. The van der Waals surface area contributed by atoms with Crippen LogP contribution in [0.1, 0.15) is 55.9 Å². The number of piperidine rings is 1. The van der Waals surface area contributed by atoms with Crippen molar-refractivity contribution in [3.8, 4) is 17.2 Å². The largest absolute Gasteiger partial charge is 0.504 e. The molecule has 4 aliphatic rings. The first-order valence-corrected chi connectivity index (χ1v) is 17.0. The molecule has 0 radical (unpaired) electrons. The Balaban J connectivity index is 0.000000290. The number of carbonyl (C=O) groups excluding carboxylic acids is 4. The average Bonchev–Trinajstić information content (AvgIpc) is 3.48. The van der Waals surface area contributed by atoms with Gasteiger partial charge in [0.25, 0.3) is 0 Å². The number of carboxylic acid groups (broad SMARTS) is 1. The molecule has 2 heterocycles. The summed E-state index contributed by atoms with van der Waals surface area (Å²) in [5, 5.41) is 31.6. The van der Waals surface area contributed by atoms with Gasteiger partial charge in [0.2, 0.25) is 12.2 Å². The summed E-state index contributed by atoms with van der Waals surface area (Å²) >= 11 is 0. The molecule has 2 aliphatic heterocycles. The number of benzene rings is 3. The van der Waals surface area contributed by atoms with Crippen LogP contribution < -0.4 is 9.47 Å². The number of likely N-dealkylation sites (tertiary alicyclic amines) is 1. The first-order chi connectivity index (χ1) is 25.2. The lowest BCUT2D eigenvalue weighted by molar-refractivity contribution is -0.172. The number of phenols is 1. The molecule has 3 aromatic carbocycles. The van der Waals surface area contributed by atoms with Crippen molar-refractivity contribution < 1.29 is 63.0 Å². The first kappa shape index (κ1) is 37.0. The van der Waals surface area contributed by atoms with E-state index in [2.05, 4.69) is 9.64 Å². The molecule has 1 unspecified atom stereocenters. The Morgan fingerprint density at radius 3 is 2.23 bits per heavy atom. The number of hydrogen-bond acceptors (Lipinski definition) is 13. The maximum Gasteiger partial charge on any atom is 0.353 e. The lowest BCUT2D eigenvalue weighted by Gasteiger charge is -2.61. The van der Waals surface area contributed by atoms with Crippen molar-refractivity contribution in [2.45, 2.75) is 74.9 Å². The molecule has 1 saturated heterocycles. The number of carboxylic acids is 1. The Hall–Kier alpha value is -5.73. The second kappa shape index (κ2) is 14.7. The number of aliphatic carboxylic acids is 1. The second-order valence-electron chi connectivity index (χ2n) is 13.4. The Morgan fingerprint density at radius 1 is 0.925 bits per heavy atom. The van der Waals surface area contributed by atoms with Crippen molar-refractivity contribution in [2.75, 3.05) is 13.6 Å². The van der Waals surface area contributed by atoms with Crippen LogP contribution in [0.5, 0.6) is 17.2 Å². The summed E-state index contributed by atoms with van der Waals surface area (Å²) in [4.78, 5) is 61.1. The van der Waals surface area contributed by atoms with Gasteiger partial charge < -0.3 is 43.9 Å². The highest BCUT2D eigenvalue weighted by atomic mass is 16.6. The Kier molecular flexibility index (Phi) is 10.3. The number of phenolic OH excluding ortho intramolecular Hbond substituents is 1. The van der Waals surface area contributed by atoms with E-state index in [0.717, 1.165) is 18.1 Å². The number of nitrogens with zero attached hydrogens (tertiary/aromatic N) is 1. The van der Waals surface area contributed by atoms with E-state index < -0.39 is 65.6 Å². The van der Waals surface area contributed by atoms with Crippen molar-refractivity contribution in [3.05, 3.63) is 101 Å². The zero-order valence-electron chi connectivity index (χ0n) is 29.2. The minimum absolute atomic E-state index is 0.0403. The van der Waals surface area contributed by atoms with Crippen LogP contribution in [0.3, 0.4) is 0 Å². The third-order valence-corrected chi connectivity index (χ3v) is 10.1. The SMILES string of the molecule is CC(=O)OC(CC(=O)OC1=CC[C@@]2(O)[C@H]3Cc4ccc(O)c5c4[C@@]2(CCN3C)[C@H]1O5)C(=O)Oc1ccccc1.CC(=O)O[C@H](C(=O)O)c1ccccc1. The van der Waals surface area contributed by atoms with Gasteiger partial charge >= 0.3 is 29.8 Å².